The van der Waals surface area contributed by atoms with Gasteiger partial charge in [-0.2, -0.15) is 0 Å². The van der Waals surface area contributed by atoms with Crippen LogP contribution >= 0.6 is 0 Å². The van der Waals surface area contributed by atoms with Crippen LogP contribution in [0.3, 0.4) is 0 Å². The number of fused-ring (bicyclic) bond motifs is 1. The molecule has 7 nitrogen and oxygen atoms in total. The number of ether oxygens (including phenoxy) is 2. The lowest BCUT2D eigenvalue weighted by Crippen LogP contribution is -2.38. The largest absolute Gasteiger partial charge is 0.497 e. The summed E-state index contributed by atoms with van der Waals surface area (Å²) in [6, 6.07) is 3.79. The van der Waals surface area contributed by atoms with Crippen molar-refractivity contribution in [2.45, 2.75) is 12.1 Å². The van der Waals surface area contributed by atoms with Crippen molar-refractivity contribution in [3.63, 3.8) is 0 Å². The van der Waals surface area contributed by atoms with Gasteiger partial charge in [0, 0.05) is 19.2 Å². The van der Waals surface area contributed by atoms with E-state index in [2.05, 4.69) is 14.9 Å². The molecule has 0 spiro atoms. The van der Waals surface area contributed by atoms with Crippen LogP contribution in [0.4, 0.5) is 5.82 Å². The van der Waals surface area contributed by atoms with Crippen molar-refractivity contribution >= 4 is 16.7 Å². The molecule has 1 aliphatic rings. The summed E-state index contributed by atoms with van der Waals surface area (Å²) in [5.41, 5.74) is 0.737. The number of hydrogen-bond donors (Lipinski definition) is 1. The van der Waals surface area contributed by atoms with Gasteiger partial charge in [0.05, 0.1) is 31.8 Å². The molecule has 0 unspecified atom stereocenters. The Balaban J connectivity index is 2.08. The minimum Gasteiger partial charge on any atom is -0.497 e. The summed E-state index contributed by atoms with van der Waals surface area (Å²) in [6.45, 7) is 1.24. The third-order valence-electron chi connectivity index (χ3n) is 4.33. The first-order valence-electron chi connectivity index (χ1n) is 7.51. The number of nitrogens with zero attached hydrogens (tertiary/aromatic N) is 4. The van der Waals surface area contributed by atoms with Crippen molar-refractivity contribution in [3.05, 3.63) is 18.5 Å². The van der Waals surface area contributed by atoms with E-state index in [4.69, 9.17) is 9.47 Å². The van der Waals surface area contributed by atoms with E-state index in [9.17, 15) is 5.11 Å². The molecule has 1 aromatic heterocycles. The molecule has 1 saturated heterocycles. The van der Waals surface area contributed by atoms with Crippen molar-refractivity contribution in [1.29, 1.82) is 0 Å². The molecule has 0 radical (unpaired) electrons. The van der Waals surface area contributed by atoms with Crippen LogP contribution in [0.1, 0.15) is 0 Å². The first-order chi connectivity index (χ1) is 11.0. The lowest BCUT2D eigenvalue weighted by Gasteiger charge is -2.22. The van der Waals surface area contributed by atoms with Crippen LogP contribution in [-0.4, -0.2) is 73.5 Å². The molecular formula is C16H22N4O3. The minimum absolute atomic E-state index is 0.0764. The number of aliphatic hydroxyl groups is 1. The molecule has 1 fully saturated rings. The Hall–Kier alpha value is -2.12. The third-order valence-corrected chi connectivity index (χ3v) is 4.33. The molecule has 0 aliphatic carbocycles. The van der Waals surface area contributed by atoms with Gasteiger partial charge >= 0.3 is 0 Å². The molecule has 0 bridgehead atoms. The summed E-state index contributed by atoms with van der Waals surface area (Å²) in [5.74, 6) is 2.12. The zero-order valence-corrected chi connectivity index (χ0v) is 13.9. The Labute approximate surface area is 135 Å². The molecule has 1 aliphatic heterocycles. The first-order valence-corrected chi connectivity index (χ1v) is 7.51. The average Bonchev–Trinajstić information content (AvgIpc) is 2.95. The third kappa shape index (κ3) is 2.77. The first kappa shape index (κ1) is 15.8. The maximum atomic E-state index is 10.3. The van der Waals surface area contributed by atoms with E-state index in [1.54, 1.807) is 20.3 Å². The summed E-state index contributed by atoms with van der Waals surface area (Å²) in [4.78, 5) is 12.9. The summed E-state index contributed by atoms with van der Waals surface area (Å²) in [6.07, 6.45) is 1.12. The maximum absolute atomic E-state index is 10.3. The van der Waals surface area contributed by atoms with Crippen molar-refractivity contribution < 1.29 is 14.6 Å². The van der Waals surface area contributed by atoms with Gasteiger partial charge in [-0.1, -0.05) is 0 Å². The van der Waals surface area contributed by atoms with Crippen LogP contribution in [0.5, 0.6) is 11.5 Å². The van der Waals surface area contributed by atoms with Gasteiger partial charge in [0.25, 0.3) is 0 Å². The predicted molar refractivity (Wildman–Crippen MR) is 88.3 cm³/mol. The van der Waals surface area contributed by atoms with Crippen molar-refractivity contribution in [2.24, 2.45) is 0 Å². The Bertz CT molecular complexity index is 707. The fourth-order valence-electron chi connectivity index (χ4n) is 3.07. The van der Waals surface area contributed by atoms with E-state index in [-0.39, 0.29) is 6.04 Å². The topological polar surface area (TPSA) is 71.0 Å². The molecule has 7 heteroatoms. The molecule has 1 aromatic carbocycles. The van der Waals surface area contributed by atoms with Crippen LogP contribution in [-0.2, 0) is 0 Å². The average molecular weight is 318 g/mol. The van der Waals surface area contributed by atoms with E-state index in [1.807, 2.05) is 25.1 Å². The fourth-order valence-corrected chi connectivity index (χ4v) is 3.07. The molecule has 2 aromatic rings. The van der Waals surface area contributed by atoms with E-state index in [0.717, 1.165) is 16.7 Å². The highest BCUT2D eigenvalue weighted by atomic mass is 16.5. The van der Waals surface area contributed by atoms with Crippen LogP contribution in [0.15, 0.2) is 18.5 Å². The predicted octanol–water partition coefficient (Wildman–Crippen LogP) is 0.758. The van der Waals surface area contributed by atoms with Gasteiger partial charge in [-0.25, -0.2) is 9.97 Å². The molecule has 124 valence electrons. The Morgan fingerprint density at radius 1 is 1.17 bits per heavy atom. The van der Waals surface area contributed by atoms with Gasteiger partial charge in [0.2, 0.25) is 0 Å². The second kappa shape index (κ2) is 6.17. The van der Waals surface area contributed by atoms with E-state index in [1.165, 1.54) is 6.33 Å². The second-order valence-electron chi connectivity index (χ2n) is 5.93. The monoisotopic (exact) mass is 318 g/mol. The number of β-amino-alcohol motifs (C(OH)–C–C–N with tert-alkyl or cyclic N) is 1. The molecule has 2 atom stereocenters. The zero-order chi connectivity index (χ0) is 16.6. The lowest BCUT2D eigenvalue weighted by molar-refractivity contribution is 0.114. The fraction of sp³-hybridized carbons (Fsp3) is 0.500. The quantitative estimate of drug-likeness (QED) is 0.892. The molecule has 1 N–H and O–H groups in total. The number of benzene rings is 1. The standard InChI is InChI=1S/C16H22N4O3/c1-19(2)12-7-20(8-13(12)21)16-11-5-10(22-3)6-14(23-4)15(11)17-9-18-16/h5-6,9,12-13,21H,7-8H2,1-4H3/t12-,13-/m0/s1. The highest BCUT2D eigenvalue weighted by molar-refractivity contribution is 5.94. The van der Waals surface area contributed by atoms with Gasteiger partial charge in [0.15, 0.2) is 0 Å². The van der Waals surface area contributed by atoms with Crippen molar-refractivity contribution in [3.8, 4) is 11.5 Å². The Morgan fingerprint density at radius 2 is 1.96 bits per heavy atom. The van der Waals surface area contributed by atoms with Crippen LogP contribution < -0.4 is 14.4 Å². The van der Waals surface area contributed by atoms with Gasteiger partial charge in [-0.05, 0) is 20.2 Å². The van der Waals surface area contributed by atoms with Gasteiger partial charge < -0.3 is 24.4 Å². The molecule has 23 heavy (non-hydrogen) atoms. The molecule has 0 saturated carbocycles. The number of anilines is 1. The highest BCUT2D eigenvalue weighted by Crippen LogP contribution is 2.35. The van der Waals surface area contributed by atoms with Crippen LogP contribution in [0, 0.1) is 0 Å². The summed E-state index contributed by atoms with van der Waals surface area (Å²) >= 11 is 0. The van der Waals surface area contributed by atoms with Crippen LogP contribution in [0.25, 0.3) is 10.9 Å². The number of rotatable bonds is 4. The number of aromatic nitrogens is 2. The Kier molecular flexibility index (Phi) is 4.23. The zero-order valence-electron chi connectivity index (χ0n) is 13.9. The van der Waals surface area contributed by atoms with E-state index < -0.39 is 6.10 Å². The molecule has 0 amide bonds. The SMILES string of the molecule is COc1cc(OC)c2ncnc(N3C[C@H](O)[C@@H](N(C)C)C3)c2c1. The van der Waals surface area contributed by atoms with Gasteiger partial charge in [-0.3, -0.25) is 0 Å². The maximum Gasteiger partial charge on any atom is 0.148 e. The summed E-state index contributed by atoms with van der Waals surface area (Å²) in [7, 11) is 7.17. The van der Waals surface area contributed by atoms with Crippen molar-refractivity contribution in [2.75, 3.05) is 46.3 Å². The lowest BCUT2D eigenvalue weighted by atomic mass is 10.2. The van der Waals surface area contributed by atoms with Gasteiger partial charge in [0.1, 0.15) is 29.2 Å². The van der Waals surface area contributed by atoms with Crippen LogP contribution in [0.2, 0.25) is 0 Å². The second-order valence-corrected chi connectivity index (χ2v) is 5.93. The normalized spacial score (nSPS) is 21.2. The molecule has 2 heterocycles. The van der Waals surface area contributed by atoms with E-state index in [0.29, 0.717) is 24.6 Å². The number of hydrogen-bond acceptors (Lipinski definition) is 7. The number of likely N-dealkylation sites (N-methyl/N-ethyl adjacent to an activating group) is 1. The smallest absolute Gasteiger partial charge is 0.148 e. The highest BCUT2D eigenvalue weighted by Gasteiger charge is 2.34. The Morgan fingerprint density at radius 3 is 2.57 bits per heavy atom. The summed E-state index contributed by atoms with van der Waals surface area (Å²) < 4.78 is 10.8. The summed E-state index contributed by atoms with van der Waals surface area (Å²) in [5, 5.41) is 11.1. The number of aliphatic hydroxyl groups excluding tert-OH is 1. The van der Waals surface area contributed by atoms with Crippen molar-refractivity contribution in [1.82, 2.24) is 14.9 Å². The molecule has 3 rings (SSSR count). The molecular weight excluding hydrogens is 296 g/mol. The van der Waals surface area contributed by atoms with Gasteiger partial charge in [-0.15, -0.1) is 0 Å². The minimum atomic E-state index is -0.414. The van der Waals surface area contributed by atoms with E-state index >= 15 is 0 Å². The number of methoxy groups -OCH3 is 2.